The number of aromatic hydroxyl groups is 1. The first-order chi connectivity index (χ1) is 10.9. The predicted octanol–water partition coefficient (Wildman–Crippen LogP) is 3.14. The van der Waals surface area contributed by atoms with Crippen LogP contribution in [0.15, 0.2) is 46.0 Å². The number of phenolic OH excluding ortho intramolecular Hbond substituents is 1. The van der Waals surface area contributed by atoms with Crippen LogP contribution in [0.5, 0.6) is 5.75 Å². The molecule has 2 N–H and O–H groups in total. The number of amides is 1. The van der Waals surface area contributed by atoms with E-state index in [2.05, 4.69) is 26.5 Å². The van der Waals surface area contributed by atoms with E-state index in [4.69, 9.17) is 0 Å². The Labute approximate surface area is 139 Å². The van der Waals surface area contributed by atoms with Crippen LogP contribution in [-0.2, 0) is 0 Å². The van der Waals surface area contributed by atoms with E-state index in [0.29, 0.717) is 11.1 Å². The number of carbonyl (C=O) groups excluding carboxylic acids is 1. The number of aryl methyl sites for hydroxylation is 1. The Morgan fingerprint density at radius 2 is 2.13 bits per heavy atom. The molecule has 0 heterocycles. The normalized spacial score (nSPS) is 10.7. The predicted molar refractivity (Wildman–Crippen MR) is 88.7 cm³/mol. The number of hydrazone groups is 1. The third-order valence-electron chi connectivity index (χ3n) is 2.98. The molecule has 0 unspecified atom stereocenters. The lowest BCUT2D eigenvalue weighted by Gasteiger charge is -2.03. The second-order valence-electron chi connectivity index (χ2n) is 4.67. The molecule has 7 nitrogen and oxygen atoms in total. The molecule has 2 aromatic rings. The summed E-state index contributed by atoms with van der Waals surface area (Å²) in [4.78, 5) is 22.2. The maximum atomic E-state index is 11.9. The fourth-order valence-electron chi connectivity index (χ4n) is 1.85. The maximum absolute atomic E-state index is 11.9. The minimum Gasteiger partial charge on any atom is -0.507 e. The van der Waals surface area contributed by atoms with Gasteiger partial charge in [-0.3, -0.25) is 14.9 Å². The molecule has 0 fully saturated rings. The molecule has 23 heavy (non-hydrogen) atoms. The van der Waals surface area contributed by atoms with Crippen molar-refractivity contribution < 1.29 is 14.8 Å². The fraction of sp³-hybridized carbons (Fsp3) is 0.0667. The summed E-state index contributed by atoms with van der Waals surface area (Å²) in [5.41, 5.74) is 3.02. The SMILES string of the molecule is Cc1cc([N+](=O)[O-])cc(/C=N\NC(=O)c2cccc(Br)c2)c1O. The maximum Gasteiger partial charge on any atom is 0.271 e. The lowest BCUT2D eigenvalue weighted by atomic mass is 10.1. The highest BCUT2D eigenvalue weighted by Gasteiger charge is 2.12. The van der Waals surface area contributed by atoms with Crippen LogP contribution in [0, 0.1) is 17.0 Å². The highest BCUT2D eigenvalue weighted by molar-refractivity contribution is 9.10. The van der Waals surface area contributed by atoms with E-state index in [-0.39, 0.29) is 17.0 Å². The largest absolute Gasteiger partial charge is 0.507 e. The molecular formula is C15H12BrN3O4. The van der Waals surface area contributed by atoms with Gasteiger partial charge < -0.3 is 5.11 Å². The molecule has 0 aliphatic rings. The van der Waals surface area contributed by atoms with E-state index < -0.39 is 10.8 Å². The van der Waals surface area contributed by atoms with Crippen LogP contribution in [-0.4, -0.2) is 22.2 Å². The van der Waals surface area contributed by atoms with E-state index >= 15 is 0 Å². The van der Waals surface area contributed by atoms with Crippen molar-refractivity contribution in [3.63, 3.8) is 0 Å². The number of nitrogens with one attached hydrogen (secondary N) is 1. The molecular weight excluding hydrogens is 366 g/mol. The minimum absolute atomic E-state index is 0.129. The first kappa shape index (κ1) is 16.6. The highest BCUT2D eigenvalue weighted by Crippen LogP contribution is 2.26. The number of benzene rings is 2. The standard InChI is InChI=1S/C15H12BrN3O4/c1-9-5-13(19(22)23)7-11(14(9)20)8-17-18-15(21)10-3-2-4-12(16)6-10/h2-8,20H,1H3,(H,18,21)/b17-8-. The van der Waals surface area contributed by atoms with Crippen LogP contribution < -0.4 is 5.43 Å². The first-order valence-corrected chi connectivity index (χ1v) is 7.25. The Morgan fingerprint density at radius 1 is 1.39 bits per heavy atom. The van der Waals surface area contributed by atoms with Crippen LogP contribution in [0.1, 0.15) is 21.5 Å². The van der Waals surface area contributed by atoms with Crippen LogP contribution in [0.3, 0.4) is 0 Å². The smallest absolute Gasteiger partial charge is 0.271 e. The number of nitrogens with zero attached hydrogens (tertiary/aromatic N) is 2. The second-order valence-corrected chi connectivity index (χ2v) is 5.58. The molecule has 0 saturated heterocycles. The Hall–Kier alpha value is -2.74. The van der Waals surface area contributed by atoms with Gasteiger partial charge in [-0.15, -0.1) is 0 Å². The van der Waals surface area contributed by atoms with E-state index in [1.54, 1.807) is 31.2 Å². The molecule has 1 amide bonds. The molecule has 0 bridgehead atoms. The Bertz CT molecular complexity index is 805. The number of nitro groups is 1. The van der Waals surface area contributed by atoms with Crippen LogP contribution >= 0.6 is 15.9 Å². The van der Waals surface area contributed by atoms with Crippen molar-refractivity contribution in [2.24, 2.45) is 5.10 Å². The van der Waals surface area contributed by atoms with Crippen molar-refractivity contribution in [1.82, 2.24) is 5.43 Å². The lowest BCUT2D eigenvalue weighted by molar-refractivity contribution is -0.384. The monoisotopic (exact) mass is 377 g/mol. The van der Waals surface area contributed by atoms with E-state index in [9.17, 15) is 20.0 Å². The average Bonchev–Trinajstić information content (AvgIpc) is 2.50. The molecule has 2 aromatic carbocycles. The molecule has 0 aliphatic heterocycles. The van der Waals surface area contributed by atoms with Crippen molar-refractivity contribution in [1.29, 1.82) is 0 Å². The number of phenols is 1. The summed E-state index contributed by atoms with van der Waals surface area (Å²) >= 11 is 3.26. The Morgan fingerprint density at radius 3 is 2.78 bits per heavy atom. The molecule has 2 rings (SSSR count). The number of hydrogen-bond donors (Lipinski definition) is 2. The minimum atomic E-state index is -0.566. The van der Waals surface area contributed by atoms with Crippen LogP contribution in [0.25, 0.3) is 0 Å². The van der Waals surface area contributed by atoms with Gasteiger partial charge >= 0.3 is 0 Å². The van der Waals surface area contributed by atoms with Gasteiger partial charge in [-0.2, -0.15) is 5.10 Å². The highest BCUT2D eigenvalue weighted by atomic mass is 79.9. The summed E-state index contributed by atoms with van der Waals surface area (Å²) in [6, 6.07) is 9.16. The third kappa shape index (κ3) is 4.13. The van der Waals surface area contributed by atoms with Crippen molar-refractivity contribution in [2.45, 2.75) is 6.92 Å². The number of rotatable bonds is 4. The van der Waals surface area contributed by atoms with Crippen LogP contribution in [0.4, 0.5) is 5.69 Å². The van der Waals surface area contributed by atoms with Gasteiger partial charge in [-0.25, -0.2) is 5.43 Å². The first-order valence-electron chi connectivity index (χ1n) is 6.45. The van der Waals surface area contributed by atoms with E-state index in [0.717, 1.165) is 10.7 Å². The molecule has 0 aliphatic carbocycles. The van der Waals surface area contributed by atoms with Gasteiger partial charge in [0.15, 0.2) is 0 Å². The molecule has 0 atom stereocenters. The van der Waals surface area contributed by atoms with Gasteiger partial charge in [-0.05, 0) is 30.7 Å². The third-order valence-corrected chi connectivity index (χ3v) is 3.48. The summed E-state index contributed by atoms with van der Waals surface area (Å²) in [7, 11) is 0. The summed E-state index contributed by atoms with van der Waals surface area (Å²) in [6.45, 7) is 1.54. The molecule has 0 radical (unpaired) electrons. The lowest BCUT2D eigenvalue weighted by Crippen LogP contribution is -2.17. The van der Waals surface area contributed by atoms with Crippen molar-refractivity contribution in [3.8, 4) is 5.75 Å². The summed E-state index contributed by atoms with van der Waals surface area (Å²) < 4.78 is 0.751. The zero-order chi connectivity index (χ0) is 17.0. The molecule has 0 saturated carbocycles. The van der Waals surface area contributed by atoms with Gasteiger partial charge in [-0.1, -0.05) is 22.0 Å². The molecule has 8 heteroatoms. The van der Waals surface area contributed by atoms with Gasteiger partial charge in [0.1, 0.15) is 5.75 Å². The van der Waals surface area contributed by atoms with Gasteiger partial charge in [0.25, 0.3) is 11.6 Å². The van der Waals surface area contributed by atoms with E-state index in [1.165, 1.54) is 12.1 Å². The van der Waals surface area contributed by atoms with Crippen molar-refractivity contribution in [2.75, 3.05) is 0 Å². The van der Waals surface area contributed by atoms with Crippen molar-refractivity contribution in [3.05, 3.63) is 67.7 Å². The summed E-state index contributed by atoms with van der Waals surface area (Å²) in [5.74, 6) is -0.569. The van der Waals surface area contributed by atoms with E-state index in [1.807, 2.05) is 0 Å². The van der Waals surface area contributed by atoms with Gasteiger partial charge in [0, 0.05) is 27.7 Å². The fourth-order valence-corrected chi connectivity index (χ4v) is 2.24. The second kappa shape index (κ2) is 7.01. The Kier molecular flexibility index (Phi) is 5.07. The number of carbonyl (C=O) groups is 1. The number of halogens is 1. The number of non-ortho nitro benzene ring substituents is 1. The zero-order valence-electron chi connectivity index (χ0n) is 12.0. The number of nitro benzene ring substituents is 1. The zero-order valence-corrected chi connectivity index (χ0v) is 13.6. The quantitative estimate of drug-likeness (QED) is 0.484. The summed E-state index contributed by atoms with van der Waals surface area (Å²) in [6.07, 6.45) is 1.16. The van der Waals surface area contributed by atoms with Crippen molar-refractivity contribution >= 4 is 33.7 Å². The molecule has 118 valence electrons. The number of hydrogen-bond acceptors (Lipinski definition) is 5. The molecule has 0 aromatic heterocycles. The summed E-state index contributed by atoms with van der Waals surface area (Å²) in [5, 5.41) is 24.4. The topological polar surface area (TPSA) is 105 Å². The van der Waals surface area contributed by atoms with Gasteiger partial charge in [0.05, 0.1) is 11.1 Å². The van der Waals surface area contributed by atoms with Gasteiger partial charge in [0.2, 0.25) is 0 Å². The van der Waals surface area contributed by atoms with Crippen LogP contribution in [0.2, 0.25) is 0 Å². The Balaban J connectivity index is 2.17. The average molecular weight is 378 g/mol. The molecule has 0 spiro atoms.